The van der Waals surface area contributed by atoms with E-state index in [9.17, 15) is 5.11 Å². The van der Waals surface area contributed by atoms with Crippen LogP contribution >= 0.6 is 11.8 Å². The van der Waals surface area contributed by atoms with E-state index in [1.807, 2.05) is 36.9 Å². The molecule has 1 rings (SSSR count). The maximum atomic E-state index is 9.53. The number of aliphatic hydroxyl groups is 1. The SMILES string of the molecule is CSCCCNC(C)(CO)c1ccccc1. The van der Waals surface area contributed by atoms with Crippen molar-refractivity contribution in [1.29, 1.82) is 0 Å². The fourth-order valence-electron chi connectivity index (χ4n) is 1.64. The van der Waals surface area contributed by atoms with Crippen molar-refractivity contribution < 1.29 is 5.11 Å². The zero-order valence-electron chi connectivity index (χ0n) is 10.1. The Kier molecular flexibility index (Phi) is 5.88. The van der Waals surface area contributed by atoms with Crippen molar-refractivity contribution in [1.82, 2.24) is 5.32 Å². The van der Waals surface area contributed by atoms with E-state index in [1.54, 1.807) is 0 Å². The standard InChI is InChI=1S/C13H21NOS/c1-13(11-15,14-9-6-10-16-2)12-7-4-3-5-8-12/h3-5,7-8,14-15H,6,9-11H2,1-2H3. The Balaban J connectivity index is 2.56. The van der Waals surface area contributed by atoms with Crippen molar-refractivity contribution >= 4 is 11.8 Å². The smallest absolute Gasteiger partial charge is 0.0652 e. The molecule has 0 aromatic heterocycles. The van der Waals surface area contributed by atoms with Crippen LogP contribution in [-0.2, 0) is 5.54 Å². The highest BCUT2D eigenvalue weighted by Gasteiger charge is 2.24. The number of benzene rings is 1. The fraction of sp³-hybridized carbons (Fsp3) is 0.538. The molecule has 0 fully saturated rings. The number of hydrogen-bond donors (Lipinski definition) is 2. The zero-order valence-corrected chi connectivity index (χ0v) is 10.9. The Bertz CT molecular complexity index is 291. The number of aliphatic hydroxyl groups excluding tert-OH is 1. The first-order chi connectivity index (χ1) is 7.73. The molecule has 16 heavy (non-hydrogen) atoms. The topological polar surface area (TPSA) is 32.3 Å². The van der Waals surface area contributed by atoms with Gasteiger partial charge in [0.25, 0.3) is 0 Å². The molecule has 3 heteroatoms. The van der Waals surface area contributed by atoms with Crippen LogP contribution in [0.4, 0.5) is 0 Å². The van der Waals surface area contributed by atoms with E-state index >= 15 is 0 Å². The minimum Gasteiger partial charge on any atom is -0.394 e. The molecule has 1 aromatic rings. The number of rotatable bonds is 7. The van der Waals surface area contributed by atoms with Crippen molar-refractivity contribution in [2.24, 2.45) is 0 Å². The molecule has 0 saturated heterocycles. The summed E-state index contributed by atoms with van der Waals surface area (Å²) < 4.78 is 0. The van der Waals surface area contributed by atoms with Gasteiger partial charge in [0.1, 0.15) is 0 Å². The van der Waals surface area contributed by atoms with Gasteiger partial charge in [-0.05, 0) is 37.5 Å². The molecule has 2 nitrogen and oxygen atoms in total. The summed E-state index contributed by atoms with van der Waals surface area (Å²) in [5, 5.41) is 13.0. The first-order valence-electron chi connectivity index (χ1n) is 5.63. The van der Waals surface area contributed by atoms with Crippen molar-refractivity contribution in [2.45, 2.75) is 18.9 Å². The molecule has 0 saturated carbocycles. The van der Waals surface area contributed by atoms with E-state index in [2.05, 4.69) is 23.7 Å². The number of hydrogen-bond acceptors (Lipinski definition) is 3. The van der Waals surface area contributed by atoms with Gasteiger partial charge >= 0.3 is 0 Å². The molecule has 2 N–H and O–H groups in total. The summed E-state index contributed by atoms with van der Waals surface area (Å²) >= 11 is 1.85. The summed E-state index contributed by atoms with van der Waals surface area (Å²) in [6.45, 7) is 3.10. The Morgan fingerprint density at radius 1 is 1.31 bits per heavy atom. The first kappa shape index (κ1) is 13.6. The summed E-state index contributed by atoms with van der Waals surface area (Å²) in [6, 6.07) is 10.1. The lowest BCUT2D eigenvalue weighted by Crippen LogP contribution is -2.43. The molecule has 0 aliphatic carbocycles. The molecule has 90 valence electrons. The quantitative estimate of drug-likeness (QED) is 0.716. The molecular weight excluding hydrogens is 218 g/mol. The molecule has 1 aromatic carbocycles. The third-order valence-electron chi connectivity index (χ3n) is 2.77. The van der Waals surface area contributed by atoms with Crippen LogP contribution in [0, 0.1) is 0 Å². The van der Waals surface area contributed by atoms with Crippen LogP contribution in [0.5, 0.6) is 0 Å². The van der Waals surface area contributed by atoms with Gasteiger partial charge in [-0.15, -0.1) is 0 Å². The van der Waals surface area contributed by atoms with Gasteiger partial charge in [0.15, 0.2) is 0 Å². The highest BCUT2D eigenvalue weighted by molar-refractivity contribution is 7.98. The lowest BCUT2D eigenvalue weighted by molar-refractivity contribution is 0.175. The van der Waals surface area contributed by atoms with Crippen molar-refractivity contribution in [3.05, 3.63) is 35.9 Å². The third-order valence-corrected chi connectivity index (χ3v) is 3.46. The lowest BCUT2D eigenvalue weighted by Gasteiger charge is -2.29. The monoisotopic (exact) mass is 239 g/mol. The minimum atomic E-state index is -0.320. The van der Waals surface area contributed by atoms with E-state index in [4.69, 9.17) is 0 Å². The summed E-state index contributed by atoms with van der Waals surface area (Å²) in [5.74, 6) is 1.16. The van der Waals surface area contributed by atoms with Crippen LogP contribution < -0.4 is 5.32 Å². The van der Waals surface area contributed by atoms with Gasteiger partial charge in [-0.3, -0.25) is 0 Å². The second-order valence-corrected chi connectivity index (χ2v) is 5.11. The van der Waals surface area contributed by atoms with Crippen molar-refractivity contribution in [2.75, 3.05) is 25.2 Å². The molecule has 0 amide bonds. The predicted molar refractivity (Wildman–Crippen MR) is 71.9 cm³/mol. The van der Waals surface area contributed by atoms with Gasteiger partial charge in [-0.1, -0.05) is 30.3 Å². The molecular formula is C13H21NOS. The fourth-order valence-corrected chi connectivity index (χ4v) is 2.07. The van der Waals surface area contributed by atoms with Crippen LogP contribution in [0.25, 0.3) is 0 Å². The summed E-state index contributed by atoms with van der Waals surface area (Å²) in [5.41, 5.74) is 0.821. The average molecular weight is 239 g/mol. The summed E-state index contributed by atoms with van der Waals surface area (Å²) in [7, 11) is 0. The second-order valence-electron chi connectivity index (χ2n) is 4.13. The largest absolute Gasteiger partial charge is 0.394 e. The van der Waals surface area contributed by atoms with Crippen LogP contribution in [0.1, 0.15) is 18.9 Å². The highest BCUT2D eigenvalue weighted by atomic mass is 32.2. The van der Waals surface area contributed by atoms with Gasteiger partial charge in [0, 0.05) is 0 Å². The second kappa shape index (κ2) is 6.94. The maximum absolute atomic E-state index is 9.53. The lowest BCUT2D eigenvalue weighted by atomic mass is 9.93. The van der Waals surface area contributed by atoms with Gasteiger partial charge in [-0.2, -0.15) is 11.8 Å². The van der Waals surface area contributed by atoms with Crippen LogP contribution in [0.15, 0.2) is 30.3 Å². The van der Waals surface area contributed by atoms with Gasteiger partial charge in [-0.25, -0.2) is 0 Å². The van der Waals surface area contributed by atoms with Gasteiger partial charge in [0.2, 0.25) is 0 Å². The number of thioether (sulfide) groups is 1. The molecule has 0 aliphatic rings. The molecule has 0 radical (unpaired) electrons. The Morgan fingerprint density at radius 3 is 2.56 bits per heavy atom. The minimum absolute atomic E-state index is 0.121. The maximum Gasteiger partial charge on any atom is 0.0652 e. The van der Waals surface area contributed by atoms with Crippen molar-refractivity contribution in [3.8, 4) is 0 Å². The van der Waals surface area contributed by atoms with E-state index in [0.29, 0.717) is 0 Å². The van der Waals surface area contributed by atoms with Crippen LogP contribution in [0.2, 0.25) is 0 Å². The zero-order chi connectivity index (χ0) is 11.9. The molecule has 0 heterocycles. The van der Waals surface area contributed by atoms with E-state index < -0.39 is 0 Å². The van der Waals surface area contributed by atoms with Crippen LogP contribution in [-0.4, -0.2) is 30.3 Å². The molecule has 0 bridgehead atoms. The third kappa shape index (κ3) is 3.81. The van der Waals surface area contributed by atoms with E-state index in [-0.39, 0.29) is 12.1 Å². The van der Waals surface area contributed by atoms with E-state index in [0.717, 1.165) is 24.3 Å². The molecule has 1 unspecified atom stereocenters. The average Bonchev–Trinajstić information content (AvgIpc) is 2.35. The predicted octanol–water partition coefficient (Wildman–Crippen LogP) is 2.24. The molecule has 0 aliphatic heterocycles. The highest BCUT2D eigenvalue weighted by Crippen LogP contribution is 2.19. The first-order valence-corrected chi connectivity index (χ1v) is 7.02. The molecule has 0 spiro atoms. The van der Waals surface area contributed by atoms with Crippen molar-refractivity contribution in [3.63, 3.8) is 0 Å². The van der Waals surface area contributed by atoms with Gasteiger partial charge < -0.3 is 10.4 Å². The van der Waals surface area contributed by atoms with Crippen LogP contribution in [0.3, 0.4) is 0 Å². The molecule has 1 atom stereocenters. The normalized spacial score (nSPS) is 14.7. The van der Waals surface area contributed by atoms with Gasteiger partial charge in [0.05, 0.1) is 12.1 Å². The Hall–Kier alpha value is -0.510. The Morgan fingerprint density at radius 2 is 2.00 bits per heavy atom. The number of nitrogens with one attached hydrogen (secondary N) is 1. The summed E-state index contributed by atoms with van der Waals surface area (Å²) in [6.07, 6.45) is 3.24. The Labute approximate surface area is 102 Å². The van der Waals surface area contributed by atoms with E-state index in [1.165, 1.54) is 0 Å². The summed E-state index contributed by atoms with van der Waals surface area (Å²) in [4.78, 5) is 0.